The molecule has 5 rings (SSSR count). The van der Waals surface area contributed by atoms with Crippen LogP contribution in [0.2, 0.25) is 0 Å². The van der Waals surface area contributed by atoms with Crippen LogP contribution >= 0.6 is 34.0 Å². The van der Waals surface area contributed by atoms with E-state index in [4.69, 9.17) is 4.74 Å². The van der Waals surface area contributed by atoms with Gasteiger partial charge in [-0.25, -0.2) is 8.42 Å². The second kappa shape index (κ2) is 15.0. The Bertz CT molecular complexity index is 1400. The minimum Gasteiger partial charge on any atom is -0.494 e. The maximum Gasteiger partial charge on any atom is 0.184 e. The lowest BCUT2D eigenvalue weighted by atomic mass is 9.85. The van der Waals surface area contributed by atoms with E-state index in [1.54, 1.807) is 24.3 Å². The number of benzene rings is 3. The van der Waals surface area contributed by atoms with Crippen molar-refractivity contribution in [1.82, 2.24) is 16.0 Å². The van der Waals surface area contributed by atoms with Crippen molar-refractivity contribution in [3.05, 3.63) is 72.3 Å². The quantitative estimate of drug-likeness (QED) is 0.183. The molecule has 0 saturated carbocycles. The summed E-state index contributed by atoms with van der Waals surface area (Å²) in [6.45, 7) is 10.7. The van der Waals surface area contributed by atoms with E-state index in [0.717, 1.165) is 43.5 Å². The minimum absolute atomic E-state index is 0. The Morgan fingerprint density at radius 1 is 0.952 bits per heavy atom. The molecular formula is C33H47Br2N3O3S. The molecule has 232 valence electrons. The number of sulfone groups is 1. The van der Waals surface area contributed by atoms with Crippen molar-refractivity contribution in [1.29, 1.82) is 0 Å². The SMILES string of the molecule is Br.Br.CCCCCOc1ccc(S(=O)(=O)[C@@H]2[C@H]3N[C@H](C[C@@H]3CNC(C)(C)C)[C@H]2NCc2ccc3ccccc3c2)cc1. The zero-order valence-electron chi connectivity index (χ0n) is 25.1. The average Bonchev–Trinajstić information content (AvgIpc) is 3.52. The van der Waals surface area contributed by atoms with E-state index in [1.807, 2.05) is 6.07 Å². The Morgan fingerprint density at radius 2 is 1.67 bits per heavy atom. The fourth-order valence-corrected chi connectivity index (χ4v) is 8.48. The number of halogens is 2. The highest BCUT2D eigenvalue weighted by atomic mass is 79.9. The van der Waals surface area contributed by atoms with Gasteiger partial charge in [-0.15, -0.1) is 34.0 Å². The third-order valence-corrected chi connectivity index (χ3v) is 10.6. The van der Waals surface area contributed by atoms with Gasteiger partial charge in [0.05, 0.1) is 16.8 Å². The molecule has 2 saturated heterocycles. The van der Waals surface area contributed by atoms with E-state index in [2.05, 4.69) is 80.0 Å². The second-order valence-electron chi connectivity index (χ2n) is 12.6. The first kappa shape index (κ1) is 35.0. The summed E-state index contributed by atoms with van der Waals surface area (Å²) < 4.78 is 34.3. The molecule has 3 aromatic rings. The predicted molar refractivity (Wildman–Crippen MR) is 184 cm³/mol. The summed E-state index contributed by atoms with van der Waals surface area (Å²) in [5.41, 5.74) is 1.14. The first-order valence-corrected chi connectivity index (χ1v) is 16.4. The van der Waals surface area contributed by atoms with Crippen LogP contribution in [0.15, 0.2) is 71.6 Å². The number of hydrogen-bond acceptors (Lipinski definition) is 6. The lowest BCUT2D eigenvalue weighted by molar-refractivity contribution is 0.301. The van der Waals surface area contributed by atoms with Gasteiger partial charge >= 0.3 is 0 Å². The number of ether oxygens (including phenoxy) is 1. The molecule has 0 aliphatic carbocycles. The van der Waals surface area contributed by atoms with Gasteiger partial charge in [0.1, 0.15) is 5.75 Å². The van der Waals surface area contributed by atoms with Crippen LogP contribution in [0.4, 0.5) is 0 Å². The van der Waals surface area contributed by atoms with Crippen molar-refractivity contribution in [2.75, 3.05) is 13.2 Å². The molecule has 5 atom stereocenters. The smallest absolute Gasteiger partial charge is 0.184 e. The molecule has 42 heavy (non-hydrogen) atoms. The molecule has 0 unspecified atom stereocenters. The van der Waals surface area contributed by atoms with E-state index < -0.39 is 15.1 Å². The first-order chi connectivity index (χ1) is 19.2. The van der Waals surface area contributed by atoms with Gasteiger partial charge in [-0.3, -0.25) is 0 Å². The van der Waals surface area contributed by atoms with Crippen molar-refractivity contribution in [2.45, 2.75) is 93.7 Å². The fourth-order valence-electron chi connectivity index (χ4n) is 6.29. The van der Waals surface area contributed by atoms with Crippen molar-refractivity contribution in [3.63, 3.8) is 0 Å². The summed E-state index contributed by atoms with van der Waals surface area (Å²) in [6.07, 6.45) is 4.23. The summed E-state index contributed by atoms with van der Waals surface area (Å²) in [6, 6.07) is 21.7. The molecule has 3 N–H and O–H groups in total. The molecule has 2 bridgehead atoms. The molecule has 0 spiro atoms. The molecule has 0 aromatic heterocycles. The topological polar surface area (TPSA) is 79.5 Å². The first-order valence-electron chi connectivity index (χ1n) is 14.8. The fraction of sp³-hybridized carbons (Fsp3) is 0.515. The Balaban J connectivity index is 0.00000242. The third kappa shape index (κ3) is 8.16. The number of hydrogen-bond donors (Lipinski definition) is 3. The van der Waals surface area contributed by atoms with Gasteiger partial charge in [-0.2, -0.15) is 0 Å². The van der Waals surface area contributed by atoms with E-state index in [9.17, 15) is 8.42 Å². The molecule has 2 fully saturated rings. The summed E-state index contributed by atoms with van der Waals surface area (Å²) in [5, 5.41) is 12.9. The van der Waals surface area contributed by atoms with Gasteiger partial charge in [-0.1, -0.05) is 56.2 Å². The summed E-state index contributed by atoms with van der Waals surface area (Å²) in [5.74, 6) is 0.975. The monoisotopic (exact) mass is 723 g/mol. The molecule has 2 aliphatic rings. The molecular weight excluding hydrogens is 678 g/mol. The lowest BCUT2D eigenvalue weighted by Gasteiger charge is -2.36. The van der Waals surface area contributed by atoms with Gasteiger partial charge in [-0.05, 0) is 86.2 Å². The van der Waals surface area contributed by atoms with Crippen molar-refractivity contribution in [2.24, 2.45) is 5.92 Å². The highest BCUT2D eigenvalue weighted by Crippen LogP contribution is 2.40. The van der Waals surface area contributed by atoms with Crippen LogP contribution in [0.5, 0.6) is 5.75 Å². The van der Waals surface area contributed by atoms with E-state index in [-0.39, 0.29) is 63.5 Å². The zero-order valence-corrected chi connectivity index (χ0v) is 29.4. The van der Waals surface area contributed by atoms with Gasteiger partial charge in [0.15, 0.2) is 9.84 Å². The standard InChI is InChI=1S/C33H45N3O3S.2BrH/c1-5-6-9-18-39-27-14-16-28(17-15-27)40(37,38)32-30-26(22-35-33(2,3)4)20-29(36-30)31(32)34-21-23-12-13-24-10-7-8-11-25(24)19-23;;/h7-8,10-17,19,26,29-32,34-36H,5-6,9,18,20-22H2,1-4H3;2*1H/t26-,29-,30+,31-,32-;;/m1../s1. The van der Waals surface area contributed by atoms with Crippen molar-refractivity contribution in [3.8, 4) is 5.75 Å². The van der Waals surface area contributed by atoms with Crippen LogP contribution in [0.3, 0.4) is 0 Å². The van der Waals surface area contributed by atoms with Gasteiger partial charge in [0.25, 0.3) is 0 Å². The Kier molecular flexibility index (Phi) is 12.5. The highest BCUT2D eigenvalue weighted by Gasteiger charge is 2.57. The van der Waals surface area contributed by atoms with Crippen LogP contribution in [-0.4, -0.2) is 50.5 Å². The maximum atomic E-state index is 14.2. The van der Waals surface area contributed by atoms with Crippen molar-refractivity contribution >= 4 is 54.6 Å². The largest absolute Gasteiger partial charge is 0.494 e. The maximum absolute atomic E-state index is 14.2. The Morgan fingerprint density at radius 3 is 2.36 bits per heavy atom. The van der Waals surface area contributed by atoms with E-state index in [1.165, 1.54) is 10.8 Å². The normalized spacial score (nSPS) is 23.4. The molecule has 0 radical (unpaired) electrons. The van der Waals surface area contributed by atoms with E-state index >= 15 is 0 Å². The van der Waals surface area contributed by atoms with Crippen molar-refractivity contribution < 1.29 is 13.2 Å². The van der Waals surface area contributed by atoms with Crippen LogP contribution in [-0.2, 0) is 16.4 Å². The number of nitrogens with one attached hydrogen (secondary N) is 3. The minimum atomic E-state index is -3.60. The zero-order chi connectivity index (χ0) is 28.3. The van der Waals surface area contributed by atoms with Gasteiger partial charge in [0.2, 0.25) is 0 Å². The third-order valence-electron chi connectivity index (χ3n) is 8.39. The molecule has 2 aliphatic heterocycles. The van der Waals surface area contributed by atoms with E-state index in [0.29, 0.717) is 18.0 Å². The van der Waals surface area contributed by atoms with Gasteiger partial charge in [0, 0.05) is 36.8 Å². The lowest BCUT2D eigenvalue weighted by Crippen LogP contribution is -2.55. The molecule has 0 amide bonds. The highest BCUT2D eigenvalue weighted by molar-refractivity contribution is 8.93. The van der Waals surface area contributed by atoms with Crippen LogP contribution in [0, 0.1) is 5.92 Å². The summed E-state index contributed by atoms with van der Waals surface area (Å²) in [4.78, 5) is 0.368. The number of rotatable bonds is 12. The second-order valence-corrected chi connectivity index (χ2v) is 14.7. The number of unbranched alkanes of at least 4 members (excludes halogenated alkanes) is 2. The Hall–Kier alpha value is -1.49. The molecule has 6 nitrogen and oxygen atoms in total. The van der Waals surface area contributed by atoms with Crippen LogP contribution < -0.4 is 20.7 Å². The summed E-state index contributed by atoms with van der Waals surface area (Å²) >= 11 is 0. The number of fused-ring (bicyclic) bond motifs is 3. The Labute approximate surface area is 273 Å². The summed E-state index contributed by atoms with van der Waals surface area (Å²) in [7, 11) is -3.60. The van der Waals surface area contributed by atoms with Crippen LogP contribution in [0.1, 0.15) is 58.9 Å². The predicted octanol–water partition coefficient (Wildman–Crippen LogP) is 6.61. The molecule has 2 heterocycles. The molecule has 3 aromatic carbocycles. The molecule has 9 heteroatoms. The van der Waals surface area contributed by atoms with Gasteiger partial charge < -0.3 is 20.7 Å². The average molecular weight is 726 g/mol. The van der Waals surface area contributed by atoms with Crippen LogP contribution in [0.25, 0.3) is 10.8 Å².